The predicted molar refractivity (Wildman–Crippen MR) is 116 cm³/mol. The molecule has 0 fully saturated rings. The number of rotatable bonds is 6. The third kappa shape index (κ3) is 4.80. The molecule has 4 aromatic rings. The minimum atomic E-state index is 0.859. The van der Waals surface area contributed by atoms with E-state index in [9.17, 15) is 0 Å². The molecule has 0 aliphatic heterocycles. The van der Waals surface area contributed by atoms with Gasteiger partial charge in [-0.25, -0.2) is 0 Å². The third-order valence-electron chi connectivity index (χ3n) is 4.66. The highest BCUT2D eigenvalue weighted by atomic mass is 14.8. The molecule has 0 radical (unpaired) electrons. The highest BCUT2D eigenvalue weighted by Crippen LogP contribution is 2.25. The maximum atomic E-state index is 4.73. The van der Waals surface area contributed by atoms with Crippen molar-refractivity contribution in [3.63, 3.8) is 0 Å². The molecule has 1 heterocycles. The van der Waals surface area contributed by atoms with Crippen LogP contribution in [0.1, 0.15) is 27.9 Å². The molecule has 136 valence electrons. The first kappa shape index (κ1) is 17.9. The second-order valence-corrected chi connectivity index (χ2v) is 6.80. The molecular formula is C26H22N2. The van der Waals surface area contributed by atoms with Crippen molar-refractivity contribution in [1.29, 1.82) is 0 Å². The molecule has 0 bridgehead atoms. The second kappa shape index (κ2) is 8.92. The summed E-state index contributed by atoms with van der Waals surface area (Å²) in [7, 11) is 0. The van der Waals surface area contributed by atoms with Crippen LogP contribution in [0.5, 0.6) is 0 Å². The van der Waals surface area contributed by atoms with E-state index < -0.39 is 0 Å². The topological polar surface area (TPSA) is 25.2 Å². The largest absolute Gasteiger partial charge is 0.255 e. The van der Waals surface area contributed by atoms with Crippen LogP contribution in [0.2, 0.25) is 0 Å². The molecule has 0 N–H and O–H groups in total. The first-order valence-electron chi connectivity index (χ1n) is 9.51. The SMILES string of the molecule is C(=Nc1ccc(Cc2ccccc2)cc1Cc1ccccc1)c1ccccn1. The van der Waals surface area contributed by atoms with E-state index >= 15 is 0 Å². The Labute approximate surface area is 166 Å². The van der Waals surface area contributed by atoms with Crippen molar-refractivity contribution in [2.45, 2.75) is 12.8 Å². The Morgan fingerprint density at radius 1 is 0.643 bits per heavy atom. The van der Waals surface area contributed by atoms with E-state index in [0.29, 0.717) is 0 Å². The average molecular weight is 362 g/mol. The lowest BCUT2D eigenvalue weighted by Crippen LogP contribution is -1.94. The fourth-order valence-corrected chi connectivity index (χ4v) is 3.25. The molecule has 0 saturated heterocycles. The number of aliphatic imine (C=N–C) groups is 1. The number of hydrogen-bond acceptors (Lipinski definition) is 2. The molecule has 0 amide bonds. The van der Waals surface area contributed by atoms with Crippen molar-refractivity contribution in [2.75, 3.05) is 0 Å². The van der Waals surface area contributed by atoms with E-state index in [2.05, 4.69) is 83.8 Å². The fraction of sp³-hybridized carbons (Fsp3) is 0.0769. The molecular weight excluding hydrogens is 340 g/mol. The third-order valence-corrected chi connectivity index (χ3v) is 4.66. The number of pyridine rings is 1. The molecule has 4 rings (SSSR count). The molecule has 0 aliphatic rings. The van der Waals surface area contributed by atoms with Crippen molar-refractivity contribution < 1.29 is 0 Å². The van der Waals surface area contributed by atoms with Crippen LogP contribution >= 0.6 is 0 Å². The van der Waals surface area contributed by atoms with Crippen LogP contribution in [0.25, 0.3) is 0 Å². The van der Waals surface area contributed by atoms with Gasteiger partial charge in [-0.3, -0.25) is 9.98 Å². The summed E-state index contributed by atoms with van der Waals surface area (Å²) in [6, 6.07) is 33.5. The van der Waals surface area contributed by atoms with Crippen LogP contribution in [0.4, 0.5) is 5.69 Å². The monoisotopic (exact) mass is 362 g/mol. The Morgan fingerprint density at radius 2 is 1.32 bits per heavy atom. The van der Waals surface area contributed by atoms with Crippen LogP contribution in [0.15, 0.2) is 108 Å². The summed E-state index contributed by atoms with van der Waals surface area (Å²) in [6.07, 6.45) is 5.40. The van der Waals surface area contributed by atoms with Crippen molar-refractivity contribution in [2.24, 2.45) is 4.99 Å². The standard InChI is InChI=1S/C26H22N2/c1-3-9-21(10-4-1)17-23-14-15-26(28-20-25-13-7-8-16-27-25)24(19-23)18-22-11-5-2-6-12-22/h1-16,19-20H,17-18H2. The zero-order valence-electron chi connectivity index (χ0n) is 15.7. The minimum Gasteiger partial charge on any atom is -0.255 e. The molecule has 0 spiro atoms. The van der Waals surface area contributed by atoms with Crippen molar-refractivity contribution in [3.05, 3.63) is 131 Å². The lowest BCUT2D eigenvalue weighted by atomic mass is 9.98. The molecule has 1 aromatic heterocycles. The second-order valence-electron chi connectivity index (χ2n) is 6.80. The summed E-state index contributed by atoms with van der Waals surface area (Å²) >= 11 is 0. The van der Waals surface area contributed by atoms with Crippen LogP contribution in [0, 0.1) is 0 Å². The maximum absolute atomic E-state index is 4.73. The van der Waals surface area contributed by atoms with Gasteiger partial charge in [0.1, 0.15) is 0 Å². The first-order valence-corrected chi connectivity index (χ1v) is 9.51. The normalized spacial score (nSPS) is 11.0. The molecule has 0 atom stereocenters. The van der Waals surface area contributed by atoms with E-state index in [-0.39, 0.29) is 0 Å². The van der Waals surface area contributed by atoms with Gasteiger partial charge in [0.05, 0.1) is 17.6 Å². The van der Waals surface area contributed by atoms with Gasteiger partial charge in [-0.15, -0.1) is 0 Å². The smallest absolute Gasteiger partial charge is 0.0812 e. The number of benzene rings is 3. The van der Waals surface area contributed by atoms with E-state index in [4.69, 9.17) is 4.99 Å². The van der Waals surface area contributed by atoms with Crippen molar-refractivity contribution in [3.8, 4) is 0 Å². The molecule has 0 saturated carbocycles. The van der Waals surface area contributed by atoms with Gasteiger partial charge >= 0.3 is 0 Å². The summed E-state index contributed by atoms with van der Waals surface area (Å²) < 4.78 is 0. The summed E-state index contributed by atoms with van der Waals surface area (Å²) in [6.45, 7) is 0. The van der Waals surface area contributed by atoms with Crippen molar-refractivity contribution >= 4 is 11.9 Å². The van der Waals surface area contributed by atoms with Gasteiger partial charge in [0.25, 0.3) is 0 Å². The minimum absolute atomic E-state index is 0.859. The van der Waals surface area contributed by atoms with Crippen molar-refractivity contribution in [1.82, 2.24) is 4.98 Å². The number of hydrogen-bond donors (Lipinski definition) is 0. The summed E-state index contributed by atoms with van der Waals surface area (Å²) in [5, 5.41) is 0. The van der Waals surface area contributed by atoms with Crippen LogP contribution in [0.3, 0.4) is 0 Å². The van der Waals surface area contributed by atoms with Gasteiger partial charge in [0.2, 0.25) is 0 Å². The summed E-state index contributed by atoms with van der Waals surface area (Å²) in [5.41, 5.74) is 6.99. The molecule has 2 heteroatoms. The van der Waals surface area contributed by atoms with Crippen LogP contribution < -0.4 is 0 Å². The Bertz CT molecular complexity index is 1040. The van der Waals surface area contributed by atoms with Gasteiger partial charge in [-0.05, 0) is 53.3 Å². The number of nitrogens with zero attached hydrogens (tertiary/aromatic N) is 2. The zero-order chi connectivity index (χ0) is 19.0. The fourth-order valence-electron chi connectivity index (χ4n) is 3.25. The van der Waals surface area contributed by atoms with Gasteiger partial charge < -0.3 is 0 Å². The Balaban J connectivity index is 1.65. The maximum Gasteiger partial charge on any atom is 0.0812 e. The van der Waals surface area contributed by atoms with Crippen LogP contribution in [-0.2, 0) is 12.8 Å². The quantitative estimate of drug-likeness (QED) is 0.385. The highest BCUT2D eigenvalue weighted by molar-refractivity contribution is 5.80. The Morgan fingerprint density at radius 3 is 2.00 bits per heavy atom. The summed E-state index contributed by atoms with van der Waals surface area (Å²) in [5.74, 6) is 0. The zero-order valence-corrected chi connectivity index (χ0v) is 15.7. The van der Waals surface area contributed by atoms with Gasteiger partial charge in [-0.2, -0.15) is 0 Å². The average Bonchev–Trinajstić information content (AvgIpc) is 2.75. The van der Waals surface area contributed by atoms with Gasteiger partial charge in [0, 0.05) is 6.20 Å². The number of aromatic nitrogens is 1. The molecule has 2 nitrogen and oxygen atoms in total. The summed E-state index contributed by atoms with van der Waals surface area (Å²) in [4.78, 5) is 9.06. The van der Waals surface area contributed by atoms with E-state index in [0.717, 1.165) is 24.2 Å². The van der Waals surface area contributed by atoms with E-state index in [1.54, 1.807) is 6.20 Å². The van der Waals surface area contributed by atoms with Crippen LogP contribution in [-0.4, -0.2) is 11.2 Å². The van der Waals surface area contributed by atoms with E-state index in [1.807, 2.05) is 24.4 Å². The molecule has 0 unspecified atom stereocenters. The Hall–Kier alpha value is -3.52. The highest BCUT2D eigenvalue weighted by Gasteiger charge is 2.06. The lowest BCUT2D eigenvalue weighted by molar-refractivity contribution is 1.13. The molecule has 28 heavy (non-hydrogen) atoms. The lowest BCUT2D eigenvalue weighted by Gasteiger charge is -2.10. The van der Waals surface area contributed by atoms with E-state index in [1.165, 1.54) is 22.3 Å². The van der Waals surface area contributed by atoms with Gasteiger partial charge in [0.15, 0.2) is 0 Å². The predicted octanol–water partition coefficient (Wildman–Crippen LogP) is 6.01. The molecule has 0 aliphatic carbocycles. The first-order chi connectivity index (χ1) is 13.9. The van der Waals surface area contributed by atoms with Gasteiger partial charge in [-0.1, -0.05) is 78.9 Å². The Kier molecular flexibility index (Phi) is 5.69. The molecule has 3 aromatic carbocycles.